The number of hydrogen-bond acceptors (Lipinski definition) is 3. The number of ether oxygens (including phenoxy) is 2. The minimum atomic E-state index is -0.418. The van der Waals surface area contributed by atoms with E-state index in [1.54, 1.807) is 24.3 Å². The average molecular weight is 356 g/mol. The lowest BCUT2D eigenvalue weighted by molar-refractivity contribution is 0.0600. The highest BCUT2D eigenvalue weighted by Crippen LogP contribution is 2.29. The lowest BCUT2D eigenvalue weighted by Crippen LogP contribution is -2.01. The van der Waals surface area contributed by atoms with Gasteiger partial charge < -0.3 is 9.47 Å². The van der Waals surface area contributed by atoms with Crippen molar-refractivity contribution < 1.29 is 14.3 Å². The van der Waals surface area contributed by atoms with Crippen molar-refractivity contribution in [1.82, 2.24) is 0 Å². The maximum absolute atomic E-state index is 11.5. The summed E-state index contributed by atoms with van der Waals surface area (Å²) < 4.78 is 11.1. The van der Waals surface area contributed by atoms with Crippen LogP contribution >= 0.6 is 27.5 Å². The first kappa shape index (κ1) is 14.9. The Balaban J connectivity index is 2.31. The minimum absolute atomic E-state index is 0.412. The van der Waals surface area contributed by atoms with E-state index in [1.165, 1.54) is 7.11 Å². The fourth-order valence-corrected chi connectivity index (χ4v) is 2.27. The van der Waals surface area contributed by atoms with Crippen LogP contribution in [0.5, 0.6) is 11.5 Å². The molecule has 0 fully saturated rings. The molecule has 0 amide bonds. The van der Waals surface area contributed by atoms with Crippen LogP contribution in [0.15, 0.2) is 40.9 Å². The highest BCUT2D eigenvalue weighted by Gasteiger charge is 2.09. The van der Waals surface area contributed by atoms with Crippen molar-refractivity contribution in [2.45, 2.75) is 6.92 Å². The van der Waals surface area contributed by atoms with Crippen molar-refractivity contribution in [3.8, 4) is 11.5 Å². The Bertz CT molecular complexity index is 656. The largest absolute Gasteiger partial charge is 0.465 e. The van der Waals surface area contributed by atoms with Crippen LogP contribution in [-0.2, 0) is 4.74 Å². The molecule has 2 rings (SSSR count). The number of hydrogen-bond donors (Lipinski definition) is 0. The zero-order chi connectivity index (χ0) is 14.7. The SMILES string of the molecule is COC(=O)c1cc(Br)cc(Oc2ccc(C)c(Cl)c2)c1. The van der Waals surface area contributed by atoms with Gasteiger partial charge in [0.05, 0.1) is 12.7 Å². The summed E-state index contributed by atoms with van der Waals surface area (Å²) in [5, 5.41) is 0.630. The molecule has 0 saturated heterocycles. The number of benzene rings is 2. The molecule has 0 atom stereocenters. The van der Waals surface area contributed by atoms with E-state index in [9.17, 15) is 4.79 Å². The Morgan fingerprint density at radius 2 is 1.90 bits per heavy atom. The Labute approximate surface area is 130 Å². The number of esters is 1. The highest BCUT2D eigenvalue weighted by atomic mass is 79.9. The standard InChI is InChI=1S/C15H12BrClO3/c1-9-3-4-12(8-14(9)17)20-13-6-10(15(18)19-2)5-11(16)7-13/h3-8H,1-2H3. The van der Waals surface area contributed by atoms with Crippen molar-refractivity contribution >= 4 is 33.5 Å². The first-order valence-electron chi connectivity index (χ1n) is 5.82. The topological polar surface area (TPSA) is 35.5 Å². The molecule has 2 aromatic carbocycles. The Morgan fingerprint density at radius 3 is 2.55 bits per heavy atom. The van der Waals surface area contributed by atoms with Crippen LogP contribution in [0, 0.1) is 6.92 Å². The first-order chi connectivity index (χ1) is 9.49. The number of aryl methyl sites for hydroxylation is 1. The molecular formula is C15H12BrClO3. The quantitative estimate of drug-likeness (QED) is 0.728. The molecule has 0 aliphatic carbocycles. The molecule has 0 spiro atoms. The number of carbonyl (C=O) groups is 1. The molecule has 0 saturated carbocycles. The summed E-state index contributed by atoms with van der Waals surface area (Å²) in [5.41, 5.74) is 1.39. The number of carbonyl (C=O) groups excluding carboxylic acids is 1. The molecule has 104 valence electrons. The third kappa shape index (κ3) is 3.52. The van der Waals surface area contributed by atoms with Gasteiger partial charge in [-0.25, -0.2) is 4.79 Å². The fourth-order valence-electron chi connectivity index (χ4n) is 1.63. The van der Waals surface area contributed by atoms with Crippen LogP contribution in [0.4, 0.5) is 0 Å². The maximum atomic E-state index is 11.5. The molecule has 3 nitrogen and oxygen atoms in total. The van der Waals surface area contributed by atoms with Crippen LogP contribution in [0.2, 0.25) is 5.02 Å². The second-order valence-electron chi connectivity index (χ2n) is 4.18. The number of rotatable bonds is 3. The van der Waals surface area contributed by atoms with Gasteiger partial charge in [0, 0.05) is 9.50 Å². The predicted octanol–water partition coefficient (Wildman–Crippen LogP) is 4.99. The van der Waals surface area contributed by atoms with E-state index in [2.05, 4.69) is 15.9 Å². The van der Waals surface area contributed by atoms with Gasteiger partial charge in [-0.1, -0.05) is 33.6 Å². The summed E-state index contributed by atoms with van der Waals surface area (Å²) in [7, 11) is 1.34. The van der Waals surface area contributed by atoms with Gasteiger partial charge in [0.1, 0.15) is 11.5 Å². The van der Waals surface area contributed by atoms with Gasteiger partial charge in [-0.05, 0) is 42.8 Å². The van der Waals surface area contributed by atoms with Crippen LogP contribution in [0.25, 0.3) is 0 Å². The molecule has 0 bridgehead atoms. The fraction of sp³-hybridized carbons (Fsp3) is 0.133. The van der Waals surface area contributed by atoms with E-state index in [-0.39, 0.29) is 0 Å². The lowest BCUT2D eigenvalue weighted by atomic mass is 10.2. The summed E-state index contributed by atoms with van der Waals surface area (Å²) >= 11 is 9.39. The molecule has 0 radical (unpaired) electrons. The molecule has 0 unspecified atom stereocenters. The summed E-state index contributed by atoms with van der Waals surface area (Å²) in [4.78, 5) is 11.5. The zero-order valence-corrected chi connectivity index (χ0v) is 13.3. The normalized spacial score (nSPS) is 10.2. The summed E-state index contributed by atoms with van der Waals surface area (Å²) in [6.45, 7) is 1.92. The smallest absolute Gasteiger partial charge is 0.338 e. The summed E-state index contributed by atoms with van der Waals surface area (Å²) in [6.07, 6.45) is 0. The average Bonchev–Trinajstić information content (AvgIpc) is 2.41. The summed E-state index contributed by atoms with van der Waals surface area (Å²) in [5.74, 6) is 0.715. The number of methoxy groups -OCH3 is 1. The van der Waals surface area contributed by atoms with Crippen molar-refractivity contribution in [2.24, 2.45) is 0 Å². The molecule has 20 heavy (non-hydrogen) atoms. The van der Waals surface area contributed by atoms with Crippen LogP contribution < -0.4 is 4.74 Å². The third-order valence-electron chi connectivity index (χ3n) is 2.67. The first-order valence-corrected chi connectivity index (χ1v) is 6.99. The lowest BCUT2D eigenvalue weighted by Gasteiger charge is -2.09. The molecule has 0 heterocycles. The van der Waals surface area contributed by atoms with Crippen LogP contribution in [-0.4, -0.2) is 13.1 Å². The highest BCUT2D eigenvalue weighted by molar-refractivity contribution is 9.10. The van der Waals surface area contributed by atoms with Gasteiger partial charge in [-0.3, -0.25) is 0 Å². The predicted molar refractivity (Wildman–Crippen MR) is 81.7 cm³/mol. The molecule has 5 heteroatoms. The number of halogens is 2. The minimum Gasteiger partial charge on any atom is -0.465 e. The Morgan fingerprint density at radius 1 is 1.15 bits per heavy atom. The van der Waals surface area contributed by atoms with Crippen molar-refractivity contribution in [3.05, 3.63) is 57.0 Å². The molecular weight excluding hydrogens is 344 g/mol. The van der Waals surface area contributed by atoms with Crippen LogP contribution in [0.3, 0.4) is 0 Å². The van der Waals surface area contributed by atoms with E-state index in [0.29, 0.717) is 22.1 Å². The van der Waals surface area contributed by atoms with Gasteiger partial charge in [-0.15, -0.1) is 0 Å². The zero-order valence-electron chi connectivity index (χ0n) is 10.9. The van der Waals surface area contributed by atoms with E-state index < -0.39 is 5.97 Å². The van der Waals surface area contributed by atoms with Gasteiger partial charge >= 0.3 is 5.97 Å². The molecule has 0 aliphatic rings. The monoisotopic (exact) mass is 354 g/mol. The van der Waals surface area contributed by atoms with E-state index >= 15 is 0 Å². The molecule has 0 aliphatic heterocycles. The van der Waals surface area contributed by atoms with E-state index in [4.69, 9.17) is 21.1 Å². The van der Waals surface area contributed by atoms with Gasteiger partial charge in [0.25, 0.3) is 0 Å². The van der Waals surface area contributed by atoms with Crippen molar-refractivity contribution in [3.63, 3.8) is 0 Å². The van der Waals surface area contributed by atoms with Gasteiger partial charge in [0.2, 0.25) is 0 Å². The van der Waals surface area contributed by atoms with Crippen LogP contribution in [0.1, 0.15) is 15.9 Å². The maximum Gasteiger partial charge on any atom is 0.338 e. The second-order valence-corrected chi connectivity index (χ2v) is 5.50. The van der Waals surface area contributed by atoms with Crippen molar-refractivity contribution in [2.75, 3.05) is 7.11 Å². The van der Waals surface area contributed by atoms with Crippen molar-refractivity contribution in [1.29, 1.82) is 0 Å². The molecule has 0 aromatic heterocycles. The van der Waals surface area contributed by atoms with E-state index in [0.717, 1.165) is 10.0 Å². The second kappa shape index (κ2) is 6.29. The third-order valence-corrected chi connectivity index (χ3v) is 3.54. The van der Waals surface area contributed by atoms with E-state index in [1.807, 2.05) is 19.1 Å². The molecule has 2 aromatic rings. The Hall–Kier alpha value is -1.52. The Kier molecular flexibility index (Phi) is 4.68. The van der Waals surface area contributed by atoms with Gasteiger partial charge in [0.15, 0.2) is 0 Å². The summed E-state index contributed by atoms with van der Waals surface area (Å²) in [6, 6.07) is 10.5. The van der Waals surface area contributed by atoms with Gasteiger partial charge in [-0.2, -0.15) is 0 Å². The molecule has 0 N–H and O–H groups in total.